The zero-order valence-corrected chi connectivity index (χ0v) is 12.0. The molecule has 2 rings (SSSR count). The molecule has 0 aliphatic carbocycles. The van der Waals surface area contributed by atoms with E-state index in [1.807, 2.05) is 54.6 Å². The average molecular weight is 271 g/mol. The van der Waals surface area contributed by atoms with Crippen LogP contribution in [-0.2, 0) is 4.74 Å². The fraction of sp³-hybridized carbons (Fsp3) is 0.294. The molecule has 0 amide bonds. The predicted octanol–water partition coefficient (Wildman–Crippen LogP) is 4.32. The molecule has 3 heteroatoms. The highest BCUT2D eigenvalue weighted by atomic mass is 16.5. The van der Waals surface area contributed by atoms with E-state index in [-0.39, 0.29) is 6.04 Å². The molecular weight excluding hydrogens is 250 g/mol. The molecule has 0 bridgehead atoms. The van der Waals surface area contributed by atoms with Gasteiger partial charge in [0.25, 0.3) is 0 Å². The number of hydrogen-bond acceptors (Lipinski definition) is 3. The van der Waals surface area contributed by atoms with E-state index in [2.05, 4.69) is 12.2 Å². The van der Waals surface area contributed by atoms with Crippen LogP contribution in [0, 0.1) is 0 Å². The van der Waals surface area contributed by atoms with Crippen LogP contribution in [0.1, 0.15) is 13.3 Å². The van der Waals surface area contributed by atoms with Crippen LogP contribution in [0.2, 0.25) is 0 Å². The first-order valence-electron chi connectivity index (χ1n) is 6.91. The van der Waals surface area contributed by atoms with Gasteiger partial charge in [0.1, 0.15) is 5.75 Å². The molecule has 1 N–H and O–H groups in total. The van der Waals surface area contributed by atoms with Crippen molar-refractivity contribution in [3.05, 3.63) is 54.6 Å². The first kappa shape index (κ1) is 14.4. The predicted molar refractivity (Wildman–Crippen MR) is 82.5 cm³/mol. The molecule has 0 saturated carbocycles. The molecule has 0 heterocycles. The van der Waals surface area contributed by atoms with Crippen molar-refractivity contribution in [3.63, 3.8) is 0 Å². The normalized spacial score (nSPS) is 11.9. The van der Waals surface area contributed by atoms with Crippen molar-refractivity contribution in [2.24, 2.45) is 0 Å². The zero-order valence-electron chi connectivity index (χ0n) is 12.0. The monoisotopic (exact) mass is 271 g/mol. The van der Waals surface area contributed by atoms with E-state index in [0.29, 0.717) is 6.61 Å². The molecular formula is C17H21NO2. The van der Waals surface area contributed by atoms with Gasteiger partial charge >= 0.3 is 0 Å². The number of ether oxygens (including phenoxy) is 2. The lowest BCUT2D eigenvalue weighted by molar-refractivity contribution is 0.184. The van der Waals surface area contributed by atoms with Gasteiger partial charge in [-0.05, 0) is 30.7 Å². The summed E-state index contributed by atoms with van der Waals surface area (Å²) in [6.45, 7) is 2.81. The number of rotatable bonds is 7. The maximum atomic E-state index is 5.93. The lowest BCUT2D eigenvalue weighted by Crippen LogP contribution is -2.24. The van der Waals surface area contributed by atoms with Gasteiger partial charge in [0.15, 0.2) is 5.75 Å². The first-order chi connectivity index (χ1) is 9.83. The van der Waals surface area contributed by atoms with Gasteiger partial charge in [0.2, 0.25) is 0 Å². The fourth-order valence-electron chi connectivity index (χ4n) is 1.97. The quantitative estimate of drug-likeness (QED) is 0.813. The molecule has 106 valence electrons. The van der Waals surface area contributed by atoms with Crippen molar-refractivity contribution in [3.8, 4) is 11.5 Å². The Bertz CT molecular complexity index is 513. The SMILES string of the molecule is CCC(COC)Nc1ccccc1Oc1ccccc1. The smallest absolute Gasteiger partial charge is 0.150 e. The average Bonchev–Trinajstić information content (AvgIpc) is 2.49. The molecule has 0 radical (unpaired) electrons. The van der Waals surface area contributed by atoms with Crippen LogP contribution < -0.4 is 10.1 Å². The van der Waals surface area contributed by atoms with Gasteiger partial charge in [-0.1, -0.05) is 37.3 Å². The summed E-state index contributed by atoms with van der Waals surface area (Å²) in [5.74, 6) is 1.66. The third-order valence-electron chi connectivity index (χ3n) is 3.08. The van der Waals surface area contributed by atoms with E-state index in [1.54, 1.807) is 7.11 Å². The van der Waals surface area contributed by atoms with Crippen LogP contribution in [0.25, 0.3) is 0 Å². The van der Waals surface area contributed by atoms with Crippen molar-refractivity contribution >= 4 is 5.69 Å². The molecule has 2 aromatic rings. The molecule has 0 fully saturated rings. The Labute approximate surface area is 120 Å². The van der Waals surface area contributed by atoms with Gasteiger partial charge < -0.3 is 14.8 Å². The largest absolute Gasteiger partial charge is 0.455 e. The lowest BCUT2D eigenvalue weighted by atomic mass is 10.2. The summed E-state index contributed by atoms with van der Waals surface area (Å²) in [6.07, 6.45) is 0.994. The maximum absolute atomic E-state index is 5.93. The van der Waals surface area contributed by atoms with Crippen LogP contribution in [-0.4, -0.2) is 19.8 Å². The van der Waals surface area contributed by atoms with Crippen molar-refractivity contribution < 1.29 is 9.47 Å². The Morgan fingerprint density at radius 3 is 2.40 bits per heavy atom. The van der Waals surface area contributed by atoms with E-state index < -0.39 is 0 Å². The minimum Gasteiger partial charge on any atom is -0.455 e. The third kappa shape index (κ3) is 4.00. The summed E-state index contributed by atoms with van der Waals surface area (Å²) in [4.78, 5) is 0. The van der Waals surface area contributed by atoms with E-state index in [1.165, 1.54) is 0 Å². The van der Waals surface area contributed by atoms with E-state index >= 15 is 0 Å². The van der Waals surface area contributed by atoms with E-state index in [4.69, 9.17) is 9.47 Å². The highest BCUT2D eigenvalue weighted by molar-refractivity contribution is 5.58. The topological polar surface area (TPSA) is 30.5 Å². The molecule has 1 unspecified atom stereocenters. The zero-order chi connectivity index (χ0) is 14.2. The number of methoxy groups -OCH3 is 1. The second kappa shape index (κ2) is 7.56. The molecule has 3 nitrogen and oxygen atoms in total. The first-order valence-corrected chi connectivity index (χ1v) is 6.91. The Kier molecular flexibility index (Phi) is 5.44. The van der Waals surface area contributed by atoms with E-state index in [9.17, 15) is 0 Å². The minimum absolute atomic E-state index is 0.278. The number of para-hydroxylation sites is 3. The summed E-state index contributed by atoms with van der Waals surface area (Å²) in [6, 6.07) is 18.0. The Hall–Kier alpha value is -2.00. The van der Waals surface area contributed by atoms with Crippen LogP contribution in [0.5, 0.6) is 11.5 Å². The standard InChI is InChI=1S/C17H21NO2/c1-3-14(13-19-2)18-16-11-7-8-12-17(16)20-15-9-5-4-6-10-15/h4-12,14,18H,3,13H2,1-2H3. The molecule has 0 spiro atoms. The van der Waals surface area contributed by atoms with Crippen LogP contribution >= 0.6 is 0 Å². The highest BCUT2D eigenvalue weighted by Gasteiger charge is 2.09. The van der Waals surface area contributed by atoms with Gasteiger partial charge in [0.05, 0.1) is 12.3 Å². The van der Waals surface area contributed by atoms with Crippen LogP contribution in [0.4, 0.5) is 5.69 Å². The molecule has 0 aromatic heterocycles. The number of anilines is 1. The summed E-state index contributed by atoms with van der Waals surface area (Å²) in [5.41, 5.74) is 0.986. The Morgan fingerprint density at radius 2 is 1.70 bits per heavy atom. The second-order valence-corrected chi connectivity index (χ2v) is 4.62. The molecule has 2 aromatic carbocycles. The van der Waals surface area contributed by atoms with E-state index in [0.717, 1.165) is 23.6 Å². The van der Waals surface area contributed by atoms with Crippen molar-refractivity contribution in [2.45, 2.75) is 19.4 Å². The molecule has 0 aliphatic rings. The van der Waals surface area contributed by atoms with Gasteiger partial charge in [-0.2, -0.15) is 0 Å². The number of hydrogen-bond donors (Lipinski definition) is 1. The van der Waals surface area contributed by atoms with Crippen molar-refractivity contribution in [2.75, 3.05) is 19.0 Å². The summed E-state index contributed by atoms with van der Waals surface area (Å²) in [5, 5.41) is 3.47. The lowest BCUT2D eigenvalue weighted by Gasteiger charge is -2.19. The second-order valence-electron chi connectivity index (χ2n) is 4.62. The molecule has 1 atom stereocenters. The summed E-state index contributed by atoms with van der Waals surface area (Å²) in [7, 11) is 1.72. The minimum atomic E-state index is 0.278. The number of benzene rings is 2. The maximum Gasteiger partial charge on any atom is 0.150 e. The summed E-state index contributed by atoms with van der Waals surface area (Å²) < 4.78 is 11.2. The summed E-state index contributed by atoms with van der Waals surface area (Å²) >= 11 is 0. The molecule has 0 aliphatic heterocycles. The van der Waals surface area contributed by atoms with Crippen molar-refractivity contribution in [1.82, 2.24) is 0 Å². The van der Waals surface area contributed by atoms with Gasteiger partial charge in [-0.15, -0.1) is 0 Å². The van der Waals surface area contributed by atoms with Gasteiger partial charge in [0, 0.05) is 13.2 Å². The van der Waals surface area contributed by atoms with Gasteiger partial charge in [-0.25, -0.2) is 0 Å². The Balaban J connectivity index is 2.13. The van der Waals surface area contributed by atoms with Gasteiger partial charge in [-0.3, -0.25) is 0 Å². The third-order valence-corrected chi connectivity index (χ3v) is 3.08. The van der Waals surface area contributed by atoms with Crippen LogP contribution in [0.3, 0.4) is 0 Å². The fourth-order valence-corrected chi connectivity index (χ4v) is 1.97. The Morgan fingerprint density at radius 1 is 1.00 bits per heavy atom. The number of nitrogens with one attached hydrogen (secondary N) is 1. The molecule has 0 saturated heterocycles. The molecule has 20 heavy (non-hydrogen) atoms. The highest BCUT2D eigenvalue weighted by Crippen LogP contribution is 2.29. The van der Waals surface area contributed by atoms with Crippen molar-refractivity contribution in [1.29, 1.82) is 0 Å². The van der Waals surface area contributed by atoms with Crippen LogP contribution in [0.15, 0.2) is 54.6 Å².